The Hall–Kier alpha value is -1.38. The van der Waals surface area contributed by atoms with Crippen LogP contribution in [0.1, 0.15) is 86.5 Å². The molecule has 0 aromatic heterocycles. The Morgan fingerprint density at radius 1 is 1.25 bits per heavy atom. The second-order valence-electron chi connectivity index (χ2n) is 14.2. The number of hydrogen-bond donors (Lipinski definition) is 2. The molecule has 8 heteroatoms. The van der Waals surface area contributed by atoms with Gasteiger partial charge in [-0.3, -0.25) is 14.4 Å². The van der Waals surface area contributed by atoms with E-state index in [0.717, 1.165) is 32.1 Å². The Labute approximate surface area is 245 Å². The molecule has 1 saturated heterocycles. The van der Waals surface area contributed by atoms with Crippen LogP contribution in [-0.4, -0.2) is 70.0 Å². The summed E-state index contributed by atoms with van der Waals surface area (Å²) in [5, 5.41) is 11.8. The first-order valence-electron chi connectivity index (χ1n) is 15.4. The van der Waals surface area contributed by atoms with Gasteiger partial charge < -0.3 is 20.5 Å². The minimum absolute atomic E-state index is 0.0159. The van der Waals surface area contributed by atoms with Gasteiger partial charge in [-0.15, -0.1) is 18.3 Å². The zero-order valence-corrected chi connectivity index (χ0v) is 26.3. The maximum atomic E-state index is 13.6. The fraction of sp³-hybridized carbons (Fsp3) is 0.844. The SMILES string of the molecule is C=C[C@]1(C)C[C@@H](OC(=O)CS[C@H]2CCCN(C(=O)[C@H](N)C(C)C)C2)[C@]2(C)C(C)CC[C@]3(CCC(=O)C32)[C@@H](C)[C@@H]1O. The average molecular weight is 577 g/mol. The maximum absolute atomic E-state index is 13.6. The van der Waals surface area contributed by atoms with Gasteiger partial charge in [0.1, 0.15) is 11.9 Å². The van der Waals surface area contributed by atoms with E-state index in [4.69, 9.17) is 10.5 Å². The van der Waals surface area contributed by atoms with Crippen molar-refractivity contribution in [1.82, 2.24) is 4.90 Å². The first-order valence-corrected chi connectivity index (χ1v) is 16.5. The average Bonchev–Trinajstić information content (AvgIpc) is 3.29. The van der Waals surface area contributed by atoms with Gasteiger partial charge in [0, 0.05) is 41.5 Å². The molecular formula is C32H52N2O5S. The van der Waals surface area contributed by atoms with Crippen molar-refractivity contribution in [2.24, 2.45) is 45.7 Å². The van der Waals surface area contributed by atoms with Crippen LogP contribution in [0.25, 0.3) is 0 Å². The molecule has 1 amide bonds. The number of likely N-dealkylation sites (tertiary alicyclic amines) is 1. The Bertz CT molecular complexity index is 1000. The van der Waals surface area contributed by atoms with Crippen molar-refractivity contribution in [2.75, 3.05) is 18.8 Å². The number of amides is 1. The van der Waals surface area contributed by atoms with Gasteiger partial charge in [-0.2, -0.15) is 0 Å². The van der Waals surface area contributed by atoms with Gasteiger partial charge in [-0.1, -0.05) is 47.6 Å². The van der Waals surface area contributed by atoms with Gasteiger partial charge in [0.15, 0.2) is 0 Å². The molecule has 7 nitrogen and oxygen atoms in total. The molecular weight excluding hydrogens is 524 g/mol. The summed E-state index contributed by atoms with van der Waals surface area (Å²) in [6, 6.07) is -0.506. The third kappa shape index (κ3) is 5.30. The Morgan fingerprint density at radius 3 is 2.60 bits per heavy atom. The molecule has 2 unspecified atom stereocenters. The summed E-state index contributed by atoms with van der Waals surface area (Å²) in [5.74, 6) is 0.158. The number of carbonyl (C=O) groups is 3. The van der Waals surface area contributed by atoms with Crippen LogP contribution in [0.15, 0.2) is 12.7 Å². The van der Waals surface area contributed by atoms with E-state index in [1.807, 2.05) is 31.7 Å². The number of ketones is 1. The summed E-state index contributed by atoms with van der Waals surface area (Å²) < 4.78 is 6.38. The van der Waals surface area contributed by atoms with E-state index in [2.05, 4.69) is 27.4 Å². The molecule has 0 aromatic rings. The van der Waals surface area contributed by atoms with Crippen LogP contribution >= 0.6 is 11.8 Å². The van der Waals surface area contributed by atoms with E-state index in [0.29, 0.717) is 25.9 Å². The largest absolute Gasteiger partial charge is 0.461 e. The first-order chi connectivity index (χ1) is 18.7. The number of thioether (sulfide) groups is 1. The molecule has 0 spiro atoms. The van der Waals surface area contributed by atoms with E-state index >= 15 is 0 Å². The van der Waals surface area contributed by atoms with Gasteiger partial charge in [-0.25, -0.2) is 0 Å². The van der Waals surface area contributed by atoms with Crippen molar-refractivity contribution in [1.29, 1.82) is 0 Å². The van der Waals surface area contributed by atoms with Crippen molar-refractivity contribution in [2.45, 2.75) is 110 Å². The fourth-order valence-corrected chi connectivity index (χ4v) is 9.71. The van der Waals surface area contributed by atoms with Crippen molar-refractivity contribution in [3.63, 3.8) is 0 Å². The molecule has 2 bridgehead atoms. The molecule has 0 radical (unpaired) electrons. The molecule has 40 heavy (non-hydrogen) atoms. The van der Waals surface area contributed by atoms with Crippen molar-refractivity contribution < 1.29 is 24.2 Å². The molecule has 1 aliphatic heterocycles. The lowest BCUT2D eigenvalue weighted by Crippen LogP contribution is -2.63. The normalized spacial score (nSPS) is 42.5. The molecule has 1 heterocycles. The highest BCUT2D eigenvalue weighted by molar-refractivity contribution is 8.00. The quantitative estimate of drug-likeness (QED) is 0.337. The lowest BCUT2D eigenvalue weighted by atomic mass is 9.44. The Morgan fingerprint density at radius 2 is 1.95 bits per heavy atom. The number of hydrogen-bond acceptors (Lipinski definition) is 7. The summed E-state index contributed by atoms with van der Waals surface area (Å²) in [5.41, 5.74) is 4.70. The van der Waals surface area contributed by atoms with Crippen molar-refractivity contribution in [3.05, 3.63) is 12.7 Å². The second kappa shape index (κ2) is 11.7. The van der Waals surface area contributed by atoms with Gasteiger partial charge in [0.2, 0.25) is 5.91 Å². The zero-order chi connectivity index (χ0) is 29.6. The van der Waals surface area contributed by atoms with E-state index in [1.54, 1.807) is 11.8 Å². The number of nitrogens with two attached hydrogens (primary N) is 1. The lowest BCUT2D eigenvalue weighted by Gasteiger charge is -2.61. The monoisotopic (exact) mass is 576 g/mol. The predicted octanol–water partition coefficient (Wildman–Crippen LogP) is 4.60. The summed E-state index contributed by atoms with van der Waals surface area (Å²) in [6.45, 7) is 17.8. The summed E-state index contributed by atoms with van der Waals surface area (Å²) >= 11 is 1.55. The molecule has 0 aromatic carbocycles. The third-order valence-corrected chi connectivity index (χ3v) is 13.0. The van der Waals surface area contributed by atoms with Crippen LogP contribution in [-0.2, 0) is 19.1 Å². The van der Waals surface area contributed by atoms with Crippen molar-refractivity contribution in [3.8, 4) is 0 Å². The smallest absolute Gasteiger partial charge is 0.316 e. The van der Waals surface area contributed by atoms with E-state index in [9.17, 15) is 19.5 Å². The standard InChI is InChI=1S/C32H52N2O5S/c1-8-30(6)16-24(31(7)20(4)11-13-32(21(5)28(30)37)14-12-23(35)27(31)32)39-25(36)18-40-22-10-9-15-34(17-22)29(38)26(33)19(2)3/h8,19-22,24,26-28,37H,1,9-18,33H2,2-7H3/t20?,21-,22-,24+,26+,27?,28-,30+,31-,32-/m0/s1. The van der Waals surface area contributed by atoms with Gasteiger partial charge in [-0.05, 0) is 61.7 Å². The highest BCUT2D eigenvalue weighted by Gasteiger charge is 2.68. The van der Waals surface area contributed by atoms with E-state index in [-0.39, 0.29) is 57.7 Å². The van der Waals surface area contributed by atoms with Crippen LogP contribution in [0, 0.1) is 39.9 Å². The summed E-state index contributed by atoms with van der Waals surface area (Å²) in [6.07, 6.45) is 6.12. The maximum Gasteiger partial charge on any atom is 0.316 e. The number of rotatable bonds is 7. The number of carbonyl (C=O) groups excluding carboxylic acids is 3. The first kappa shape index (κ1) is 31.6. The minimum Gasteiger partial charge on any atom is -0.461 e. The van der Waals surface area contributed by atoms with Crippen LogP contribution in [0.5, 0.6) is 0 Å². The molecule has 4 fully saturated rings. The summed E-state index contributed by atoms with van der Waals surface area (Å²) in [7, 11) is 0. The molecule has 3 aliphatic carbocycles. The predicted molar refractivity (Wildman–Crippen MR) is 160 cm³/mol. The van der Waals surface area contributed by atoms with Crippen LogP contribution in [0.2, 0.25) is 0 Å². The Kier molecular flexibility index (Phi) is 9.24. The van der Waals surface area contributed by atoms with E-state index < -0.39 is 29.1 Å². The second-order valence-corrected chi connectivity index (χ2v) is 15.5. The fourth-order valence-electron chi connectivity index (χ4n) is 8.65. The number of esters is 1. The van der Waals surface area contributed by atoms with E-state index in [1.165, 1.54) is 0 Å². The molecule has 226 valence electrons. The van der Waals surface area contributed by atoms with Crippen LogP contribution < -0.4 is 5.73 Å². The highest BCUT2D eigenvalue weighted by atomic mass is 32.2. The highest BCUT2D eigenvalue weighted by Crippen LogP contribution is 2.68. The molecule has 4 aliphatic rings. The number of ether oxygens (including phenoxy) is 1. The summed E-state index contributed by atoms with van der Waals surface area (Å²) in [4.78, 5) is 41.7. The zero-order valence-electron chi connectivity index (χ0n) is 25.5. The number of aliphatic hydroxyl groups excluding tert-OH is 1. The third-order valence-electron chi connectivity index (χ3n) is 11.7. The van der Waals surface area contributed by atoms with Crippen LogP contribution in [0.3, 0.4) is 0 Å². The molecule has 10 atom stereocenters. The Balaban J connectivity index is 1.52. The molecule has 3 saturated carbocycles. The van der Waals surface area contributed by atoms with Gasteiger partial charge in [0.05, 0.1) is 17.9 Å². The minimum atomic E-state index is -0.671. The van der Waals surface area contributed by atoms with Gasteiger partial charge >= 0.3 is 5.97 Å². The van der Waals surface area contributed by atoms with Crippen LogP contribution in [0.4, 0.5) is 0 Å². The number of Topliss-reactive ketones (excluding diaryl/α,β-unsaturated/α-hetero) is 1. The topological polar surface area (TPSA) is 110 Å². The molecule has 3 N–H and O–H groups in total. The number of aliphatic hydroxyl groups is 1. The lowest BCUT2D eigenvalue weighted by molar-refractivity contribution is -0.205. The number of nitrogens with zero attached hydrogens (tertiary/aromatic N) is 1. The van der Waals surface area contributed by atoms with Crippen molar-refractivity contribution >= 4 is 29.4 Å². The molecule has 4 rings (SSSR count). The van der Waals surface area contributed by atoms with Gasteiger partial charge in [0.25, 0.3) is 0 Å². The number of piperidine rings is 1.